The van der Waals surface area contributed by atoms with Crippen LogP contribution in [0.3, 0.4) is 0 Å². The van der Waals surface area contributed by atoms with E-state index in [-0.39, 0.29) is 10.8 Å². The fraction of sp³-hybridized carbons (Fsp3) is 0.444. The van der Waals surface area contributed by atoms with E-state index in [0.29, 0.717) is 0 Å². The second kappa shape index (κ2) is 7.06. The molecule has 0 nitrogen and oxygen atoms in total. The van der Waals surface area contributed by atoms with Crippen molar-refractivity contribution in [3.05, 3.63) is 54.6 Å². The van der Waals surface area contributed by atoms with E-state index < -0.39 is 0 Å². The van der Waals surface area contributed by atoms with Crippen LogP contribution in [0.15, 0.2) is 43.5 Å². The van der Waals surface area contributed by atoms with E-state index in [1.807, 2.05) is 0 Å². The minimum Gasteiger partial charge on any atom is -0.105 e. The molecule has 19 heavy (non-hydrogen) atoms. The summed E-state index contributed by atoms with van der Waals surface area (Å²) in [7, 11) is 2.84. The lowest BCUT2D eigenvalue weighted by Crippen LogP contribution is -2.21. The van der Waals surface area contributed by atoms with Crippen molar-refractivity contribution >= 4 is 14.5 Å². The summed E-state index contributed by atoms with van der Waals surface area (Å²) in [4.78, 5) is 0. The Morgan fingerprint density at radius 2 is 1.37 bits per heavy atom. The van der Waals surface area contributed by atoms with Gasteiger partial charge in [0.25, 0.3) is 0 Å². The highest BCUT2D eigenvalue weighted by Crippen LogP contribution is 2.28. The maximum Gasteiger partial charge on any atom is -0.0126 e. The van der Waals surface area contributed by atoms with Crippen molar-refractivity contribution in [3.8, 4) is 0 Å². The van der Waals surface area contributed by atoms with Gasteiger partial charge in [-0.25, -0.2) is 0 Å². The van der Waals surface area contributed by atoms with Crippen molar-refractivity contribution < 1.29 is 0 Å². The fourth-order valence-corrected chi connectivity index (χ4v) is 2.28. The highest BCUT2D eigenvalue weighted by molar-refractivity contribution is 7.27. The fourth-order valence-electron chi connectivity index (χ4n) is 1.67. The monoisotopic (exact) mass is 276 g/mol. The first-order valence-electron chi connectivity index (χ1n) is 6.68. The molecule has 0 spiro atoms. The van der Waals surface area contributed by atoms with Crippen LogP contribution in [-0.4, -0.2) is 0 Å². The molecule has 1 atom stereocenters. The lowest BCUT2D eigenvalue weighted by Gasteiger charge is -2.26. The summed E-state index contributed by atoms with van der Waals surface area (Å²) in [6, 6.07) is 6.80. The summed E-state index contributed by atoms with van der Waals surface area (Å²) in [6.45, 7) is 20.3. The molecule has 1 rings (SSSR count). The lowest BCUT2D eigenvalue weighted by molar-refractivity contribution is 0.571. The van der Waals surface area contributed by atoms with Gasteiger partial charge in [-0.15, -0.1) is 9.24 Å². The SMILES string of the molecule is C=CC=C.CC(C)(C)c1ccc(P)c(C(C)(C)C)c1. The van der Waals surface area contributed by atoms with Gasteiger partial charge in [-0.05, 0) is 27.3 Å². The summed E-state index contributed by atoms with van der Waals surface area (Å²) in [6.07, 6.45) is 3.28. The number of rotatable bonds is 1. The number of benzene rings is 1. The standard InChI is InChI=1S/C14H23P.C4H6/c1-13(2,3)10-7-8-12(15)11(9-10)14(4,5)6;1-3-4-2/h7-9H,15H2,1-6H3;3-4H,1-2H2. The third-order valence-corrected chi connectivity index (χ3v) is 3.40. The van der Waals surface area contributed by atoms with Crippen LogP contribution in [0.4, 0.5) is 0 Å². The second-order valence-corrected chi connectivity index (χ2v) is 7.40. The molecule has 0 saturated heterocycles. The average molecular weight is 276 g/mol. The Labute approximate surface area is 122 Å². The molecule has 0 fully saturated rings. The van der Waals surface area contributed by atoms with E-state index in [2.05, 4.69) is 82.1 Å². The van der Waals surface area contributed by atoms with Crippen molar-refractivity contribution in [2.45, 2.75) is 52.4 Å². The minimum absolute atomic E-state index is 0.221. The van der Waals surface area contributed by atoms with Crippen molar-refractivity contribution in [1.29, 1.82) is 0 Å². The smallest absolute Gasteiger partial charge is 0.0126 e. The third-order valence-electron chi connectivity index (χ3n) is 2.89. The van der Waals surface area contributed by atoms with Crippen LogP contribution < -0.4 is 5.30 Å². The molecule has 0 bridgehead atoms. The zero-order valence-electron chi connectivity index (χ0n) is 13.4. The minimum atomic E-state index is 0.221. The molecule has 1 aromatic rings. The van der Waals surface area contributed by atoms with Gasteiger partial charge in [-0.1, -0.05) is 85.1 Å². The molecule has 0 aliphatic heterocycles. The molecule has 1 unspecified atom stereocenters. The molecule has 0 heterocycles. The largest absolute Gasteiger partial charge is 0.105 e. The zero-order chi connectivity index (χ0) is 15.3. The molecule has 1 aromatic carbocycles. The third kappa shape index (κ3) is 6.21. The van der Waals surface area contributed by atoms with Crippen molar-refractivity contribution in [1.82, 2.24) is 0 Å². The predicted molar refractivity (Wildman–Crippen MR) is 93.6 cm³/mol. The molecule has 0 aliphatic rings. The molecule has 0 radical (unpaired) electrons. The number of hydrogen-bond acceptors (Lipinski definition) is 0. The molecular formula is C18H29P. The topological polar surface area (TPSA) is 0 Å². The molecule has 0 N–H and O–H groups in total. The van der Waals surface area contributed by atoms with E-state index in [1.54, 1.807) is 12.2 Å². The van der Waals surface area contributed by atoms with Crippen LogP contribution in [0.25, 0.3) is 0 Å². The first-order valence-corrected chi connectivity index (χ1v) is 7.25. The summed E-state index contributed by atoms with van der Waals surface area (Å²) in [5.41, 5.74) is 3.30. The van der Waals surface area contributed by atoms with Gasteiger partial charge in [0, 0.05) is 0 Å². The maximum atomic E-state index is 3.36. The summed E-state index contributed by atoms with van der Waals surface area (Å²) >= 11 is 0. The first kappa shape index (κ1) is 18.1. The summed E-state index contributed by atoms with van der Waals surface area (Å²) in [5.74, 6) is 0. The highest BCUT2D eigenvalue weighted by atomic mass is 31.0. The Kier molecular flexibility index (Phi) is 6.73. The Morgan fingerprint density at radius 3 is 1.68 bits per heavy atom. The summed E-state index contributed by atoms with van der Waals surface area (Å²) in [5, 5.41) is 1.32. The Hall–Kier alpha value is -0.870. The van der Waals surface area contributed by atoms with Gasteiger partial charge in [-0.3, -0.25) is 0 Å². The first-order chi connectivity index (χ1) is 8.54. The van der Waals surface area contributed by atoms with Crippen molar-refractivity contribution in [2.75, 3.05) is 0 Å². The zero-order valence-corrected chi connectivity index (χ0v) is 14.5. The normalized spacial score (nSPS) is 11.3. The average Bonchev–Trinajstić information content (AvgIpc) is 2.27. The molecular weight excluding hydrogens is 247 g/mol. The Balaban J connectivity index is 0.000000711. The number of allylic oxidation sites excluding steroid dienone is 2. The maximum absolute atomic E-state index is 3.36. The van der Waals surface area contributed by atoms with Gasteiger partial charge in [0.1, 0.15) is 0 Å². The van der Waals surface area contributed by atoms with Crippen LogP contribution >= 0.6 is 9.24 Å². The van der Waals surface area contributed by atoms with Gasteiger partial charge in [0.05, 0.1) is 0 Å². The quantitative estimate of drug-likeness (QED) is 0.492. The van der Waals surface area contributed by atoms with Gasteiger partial charge >= 0.3 is 0 Å². The van der Waals surface area contributed by atoms with E-state index in [0.717, 1.165) is 0 Å². The Morgan fingerprint density at radius 1 is 0.895 bits per heavy atom. The molecule has 1 heteroatoms. The summed E-state index contributed by atoms with van der Waals surface area (Å²) < 4.78 is 0. The second-order valence-electron chi connectivity index (χ2n) is 6.77. The number of hydrogen-bond donors (Lipinski definition) is 0. The molecule has 0 aliphatic carbocycles. The van der Waals surface area contributed by atoms with Gasteiger partial charge in [0.15, 0.2) is 0 Å². The van der Waals surface area contributed by atoms with Gasteiger partial charge in [-0.2, -0.15) is 0 Å². The van der Waals surface area contributed by atoms with E-state index in [1.165, 1.54) is 16.4 Å². The molecule has 0 amide bonds. The van der Waals surface area contributed by atoms with E-state index in [9.17, 15) is 0 Å². The van der Waals surface area contributed by atoms with Gasteiger partial charge in [0.2, 0.25) is 0 Å². The highest BCUT2D eigenvalue weighted by Gasteiger charge is 2.20. The van der Waals surface area contributed by atoms with E-state index >= 15 is 0 Å². The van der Waals surface area contributed by atoms with Crippen LogP contribution in [0, 0.1) is 0 Å². The predicted octanol–water partition coefficient (Wildman–Crippen LogP) is 5.14. The van der Waals surface area contributed by atoms with Crippen LogP contribution in [0.5, 0.6) is 0 Å². The molecule has 0 aromatic heterocycles. The van der Waals surface area contributed by atoms with Gasteiger partial charge < -0.3 is 0 Å². The molecule has 106 valence electrons. The van der Waals surface area contributed by atoms with Crippen molar-refractivity contribution in [2.24, 2.45) is 0 Å². The van der Waals surface area contributed by atoms with Crippen LogP contribution in [-0.2, 0) is 10.8 Å². The van der Waals surface area contributed by atoms with Crippen molar-refractivity contribution in [3.63, 3.8) is 0 Å². The van der Waals surface area contributed by atoms with E-state index in [4.69, 9.17) is 0 Å². The molecule has 0 saturated carbocycles. The van der Waals surface area contributed by atoms with Crippen LogP contribution in [0.1, 0.15) is 52.7 Å². The van der Waals surface area contributed by atoms with Crippen LogP contribution in [0.2, 0.25) is 0 Å². The lowest BCUT2D eigenvalue weighted by atomic mass is 9.81. The Bertz CT molecular complexity index is 422.